The van der Waals surface area contributed by atoms with Crippen LogP contribution in [0.5, 0.6) is 0 Å². The Kier molecular flexibility index (Phi) is 4.52. The average molecular weight is 302 g/mol. The second-order valence-corrected chi connectivity index (χ2v) is 4.56. The monoisotopic (exact) mass is 301 g/mol. The number of rotatable bonds is 4. The van der Waals surface area contributed by atoms with Gasteiger partial charge >= 0.3 is 0 Å². The van der Waals surface area contributed by atoms with Crippen LogP contribution >= 0.6 is 11.6 Å². The molecule has 0 radical (unpaired) electrons. The van der Waals surface area contributed by atoms with Gasteiger partial charge in [0.15, 0.2) is 0 Å². The molecule has 1 unspecified atom stereocenters. The van der Waals surface area contributed by atoms with Crippen LogP contribution in [0.3, 0.4) is 0 Å². The Balaban J connectivity index is 2.13. The van der Waals surface area contributed by atoms with E-state index in [1.54, 1.807) is 0 Å². The molecule has 1 atom stereocenters. The van der Waals surface area contributed by atoms with E-state index in [9.17, 15) is 18.3 Å². The SMILES string of the molecule is OC(CNc1cc(F)ccc1Cl)c1c(F)cccc1F. The Bertz CT molecular complexity index is 601. The average Bonchev–Trinajstić information content (AvgIpc) is 2.39. The van der Waals surface area contributed by atoms with Crippen LogP contribution in [0, 0.1) is 17.5 Å². The summed E-state index contributed by atoms with van der Waals surface area (Å²) in [6, 6.07) is 6.97. The van der Waals surface area contributed by atoms with Gasteiger partial charge in [-0.1, -0.05) is 17.7 Å². The van der Waals surface area contributed by atoms with Crippen LogP contribution in [0.2, 0.25) is 5.02 Å². The number of hydrogen-bond acceptors (Lipinski definition) is 2. The van der Waals surface area contributed by atoms with Gasteiger partial charge in [0.2, 0.25) is 0 Å². The molecule has 0 amide bonds. The highest BCUT2D eigenvalue weighted by molar-refractivity contribution is 6.33. The lowest BCUT2D eigenvalue weighted by molar-refractivity contribution is 0.181. The van der Waals surface area contributed by atoms with Crippen molar-refractivity contribution in [3.05, 3.63) is 64.4 Å². The zero-order valence-corrected chi connectivity index (χ0v) is 11.0. The molecule has 0 aliphatic carbocycles. The fraction of sp³-hybridized carbons (Fsp3) is 0.143. The molecule has 0 saturated heterocycles. The highest BCUT2D eigenvalue weighted by atomic mass is 35.5. The topological polar surface area (TPSA) is 32.3 Å². The Labute approximate surface area is 118 Å². The fourth-order valence-electron chi connectivity index (χ4n) is 1.77. The third kappa shape index (κ3) is 3.23. The number of aliphatic hydroxyl groups is 1. The second-order valence-electron chi connectivity index (χ2n) is 4.16. The van der Waals surface area contributed by atoms with Crippen LogP contribution in [-0.2, 0) is 0 Å². The first-order valence-corrected chi connectivity index (χ1v) is 6.17. The van der Waals surface area contributed by atoms with Crippen molar-refractivity contribution in [1.82, 2.24) is 0 Å². The lowest BCUT2D eigenvalue weighted by atomic mass is 10.1. The van der Waals surface area contributed by atoms with Crippen molar-refractivity contribution in [1.29, 1.82) is 0 Å². The van der Waals surface area contributed by atoms with E-state index >= 15 is 0 Å². The van der Waals surface area contributed by atoms with E-state index in [2.05, 4.69) is 5.32 Å². The standard InChI is InChI=1S/C14H11ClF3NO/c15-9-5-4-8(16)6-12(9)19-7-13(20)14-10(17)2-1-3-11(14)18/h1-6,13,19-20H,7H2. The van der Waals surface area contributed by atoms with Crippen molar-refractivity contribution in [3.8, 4) is 0 Å². The molecule has 6 heteroatoms. The van der Waals surface area contributed by atoms with Crippen LogP contribution in [0.25, 0.3) is 0 Å². The number of benzene rings is 2. The Hall–Kier alpha value is -1.72. The summed E-state index contributed by atoms with van der Waals surface area (Å²) in [5.41, 5.74) is -0.199. The lowest BCUT2D eigenvalue weighted by Gasteiger charge is -2.15. The van der Waals surface area contributed by atoms with Gasteiger partial charge in [-0.15, -0.1) is 0 Å². The minimum atomic E-state index is -1.42. The Morgan fingerprint density at radius 3 is 2.40 bits per heavy atom. The summed E-state index contributed by atoms with van der Waals surface area (Å²) in [4.78, 5) is 0. The number of nitrogens with one attached hydrogen (secondary N) is 1. The maximum Gasteiger partial charge on any atom is 0.132 e. The van der Waals surface area contributed by atoms with Crippen LogP contribution in [0.1, 0.15) is 11.7 Å². The molecule has 0 heterocycles. The molecule has 20 heavy (non-hydrogen) atoms. The minimum Gasteiger partial charge on any atom is -0.386 e. The van der Waals surface area contributed by atoms with Gasteiger partial charge in [-0.05, 0) is 30.3 Å². The zero-order chi connectivity index (χ0) is 14.7. The van der Waals surface area contributed by atoms with E-state index in [1.807, 2.05) is 0 Å². The first kappa shape index (κ1) is 14.7. The zero-order valence-electron chi connectivity index (χ0n) is 10.2. The number of halogens is 4. The normalized spacial score (nSPS) is 12.2. The quantitative estimate of drug-likeness (QED) is 0.897. The summed E-state index contributed by atoms with van der Waals surface area (Å²) in [6.45, 7) is -0.207. The molecule has 0 bridgehead atoms. The molecule has 2 nitrogen and oxygen atoms in total. The number of anilines is 1. The van der Waals surface area contributed by atoms with Crippen molar-refractivity contribution < 1.29 is 18.3 Å². The van der Waals surface area contributed by atoms with Crippen LogP contribution in [0.4, 0.5) is 18.9 Å². The molecule has 0 saturated carbocycles. The molecular weight excluding hydrogens is 291 g/mol. The van der Waals surface area contributed by atoms with Crippen molar-refractivity contribution in [2.24, 2.45) is 0 Å². The van der Waals surface area contributed by atoms with Gasteiger partial charge in [-0.2, -0.15) is 0 Å². The maximum absolute atomic E-state index is 13.5. The number of aliphatic hydroxyl groups excluding tert-OH is 1. The van der Waals surface area contributed by atoms with Crippen LogP contribution in [0.15, 0.2) is 36.4 Å². The van der Waals surface area contributed by atoms with Crippen molar-refractivity contribution in [2.75, 3.05) is 11.9 Å². The van der Waals surface area contributed by atoms with E-state index < -0.39 is 29.1 Å². The number of hydrogen-bond donors (Lipinski definition) is 2. The summed E-state index contributed by atoms with van der Waals surface area (Å²) < 4.78 is 40.0. The third-order valence-corrected chi connectivity index (χ3v) is 3.08. The Morgan fingerprint density at radius 1 is 1.10 bits per heavy atom. The van der Waals surface area contributed by atoms with E-state index in [0.717, 1.165) is 18.2 Å². The molecular formula is C14H11ClF3NO. The predicted molar refractivity (Wildman–Crippen MR) is 71.2 cm³/mol. The summed E-state index contributed by atoms with van der Waals surface area (Å²) in [5, 5.41) is 12.7. The second kappa shape index (κ2) is 6.15. The molecule has 2 rings (SSSR count). The molecule has 2 aromatic rings. The Morgan fingerprint density at radius 2 is 1.75 bits per heavy atom. The highest BCUT2D eigenvalue weighted by Crippen LogP contribution is 2.25. The van der Waals surface area contributed by atoms with E-state index in [-0.39, 0.29) is 17.3 Å². The molecule has 0 aliphatic rings. The lowest BCUT2D eigenvalue weighted by Crippen LogP contribution is -2.15. The van der Waals surface area contributed by atoms with Crippen molar-refractivity contribution >= 4 is 17.3 Å². The van der Waals surface area contributed by atoms with Gasteiger partial charge in [-0.3, -0.25) is 0 Å². The summed E-state index contributed by atoms with van der Waals surface area (Å²) in [7, 11) is 0. The van der Waals surface area contributed by atoms with E-state index in [1.165, 1.54) is 18.2 Å². The highest BCUT2D eigenvalue weighted by Gasteiger charge is 2.17. The smallest absolute Gasteiger partial charge is 0.132 e. The van der Waals surface area contributed by atoms with Crippen LogP contribution < -0.4 is 5.32 Å². The molecule has 2 aromatic carbocycles. The first-order chi connectivity index (χ1) is 9.49. The largest absolute Gasteiger partial charge is 0.386 e. The van der Waals surface area contributed by atoms with Crippen molar-refractivity contribution in [3.63, 3.8) is 0 Å². The minimum absolute atomic E-state index is 0.207. The van der Waals surface area contributed by atoms with E-state index in [0.29, 0.717) is 0 Å². The molecule has 0 aliphatic heterocycles. The van der Waals surface area contributed by atoms with Crippen LogP contribution in [-0.4, -0.2) is 11.7 Å². The molecule has 0 spiro atoms. The van der Waals surface area contributed by atoms with Gasteiger partial charge in [0.05, 0.1) is 16.3 Å². The molecule has 0 aromatic heterocycles. The molecule has 106 valence electrons. The molecule has 2 N–H and O–H groups in total. The first-order valence-electron chi connectivity index (χ1n) is 5.80. The maximum atomic E-state index is 13.5. The van der Waals surface area contributed by atoms with Gasteiger partial charge in [0.1, 0.15) is 23.6 Å². The van der Waals surface area contributed by atoms with Gasteiger partial charge in [-0.25, -0.2) is 13.2 Å². The van der Waals surface area contributed by atoms with Gasteiger partial charge in [0, 0.05) is 6.54 Å². The molecule has 0 fully saturated rings. The summed E-state index contributed by atoms with van der Waals surface area (Å²) in [5.74, 6) is -2.20. The van der Waals surface area contributed by atoms with Gasteiger partial charge in [0.25, 0.3) is 0 Å². The van der Waals surface area contributed by atoms with E-state index in [4.69, 9.17) is 11.6 Å². The predicted octanol–water partition coefficient (Wildman–Crippen LogP) is 3.90. The van der Waals surface area contributed by atoms with Crippen molar-refractivity contribution in [2.45, 2.75) is 6.10 Å². The third-order valence-electron chi connectivity index (χ3n) is 2.75. The van der Waals surface area contributed by atoms with Gasteiger partial charge < -0.3 is 10.4 Å². The summed E-state index contributed by atoms with van der Waals surface area (Å²) >= 11 is 5.83. The fourth-order valence-corrected chi connectivity index (χ4v) is 1.96. The summed E-state index contributed by atoms with van der Waals surface area (Å²) in [6.07, 6.45) is -1.42.